The summed E-state index contributed by atoms with van der Waals surface area (Å²) in [5, 5.41) is 14.9. The summed E-state index contributed by atoms with van der Waals surface area (Å²) < 4.78 is 4.90. The van der Waals surface area contributed by atoms with Crippen LogP contribution in [-0.4, -0.2) is 18.2 Å². The van der Waals surface area contributed by atoms with E-state index in [-0.39, 0.29) is 0 Å². The van der Waals surface area contributed by atoms with Crippen molar-refractivity contribution in [2.45, 2.75) is 19.8 Å². The molecule has 1 N–H and O–H groups in total. The number of nitrogens with zero attached hydrogens (tertiary/aromatic N) is 2. The molecule has 0 bridgehead atoms. The second-order valence-electron chi connectivity index (χ2n) is 5.04. The van der Waals surface area contributed by atoms with E-state index >= 15 is 0 Å². The molecule has 0 spiro atoms. The van der Waals surface area contributed by atoms with Crippen molar-refractivity contribution in [3.8, 4) is 6.07 Å². The average molecular weight is 325 g/mol. The number of hydrogen-bond acceptors (Lipinski definition) is 6. The predicted molar refractivity (Wildman–Crippen MR) is 90.0 cm³/mol. The number of isothiocyanates is 1. The molecule has 1 unspecified atom stereocenters. The molecule has 1 heterocycles. The highest BCUT2D eigenvalue weighted by molar-refractivity contribution is 7.78. The molecule has 1 atom stereocenters. The Bertz CT molecular complexity index is 811. The zero-order chi connectivity index (χ0) is 17.0. The van der Waals surface area contributed by atoms with Gasteiger partial charge in [0.05, 0.1) is 41.1 Å². The van der Waals surface area contributed by atoms with Gasteiger partial charge in [0.1, 0.15) is 0 Å². The Hall–Kier alpha value is -2.74. The molecule has 0 radical (unpaired) electrons. The van der Waals surface area contributed by atoms with Crippen molar-refractivity contribution in [2.75, 3.05) is 7.11 Å². The van der Waals surface area contributed by atoms with Crippen molar-refractivity contribution >= 4 is 29.0 Å². The monoisotopic (exact) mass is 325 g/mol. The smallest absolute Gasteiger partial charge is 0.336 e. The van der Waals surface area contributed by atoms with Gasteiger partial charge in [-0.3, -0.25) is 0 Å². The zero-order valence-corrected chi connectivity index (χ0v) is 13.8. The number of carbonyl (C=O) groups is 1. The van der Waals surface area contributed by atoms with Crippen molar-refractivity contribution in [1.82, 2.24) is 5.32 Å². The van der Waals surface area contributed by atoms with Crippen LogP contribution in [0.2, 0.25) is 0 Å². The van der Waals surface area contributed by atoms with E-state index in [1.54, 1.807) is 25.1 Å². The number of methoxy groups -OCH3 is 1. The molecule has 1 aromatic carbocycles. The lowest BCUT2D eigenvalue weighted by Gasteiger charge is -2.28. The summed E-state index contributed by atoms with van der Waals surface area (Å²) in [7, 11) is 1.32. The number of carbonyl (C=O) groups excluding carboxylic acids is 1. The van der Waals surface area contributed by atoms with E-state index in [0.29, 0.717) is 28.2 Å². The van der Waals surface area contributed by atoms with Gasteiger partial charge in [-0.2, -0.15) is 10.3 Å². The van der Waals surface area contributed by atoms with Crippen LogP contribution >= 0.6 is 12.2 Å². The number of rotatable bonds is 3. The summed E-state index contributed by atoms with van der Waals surface area (Å²) in [5.41, 5.74) is 3.66. The summed E-state index contributed by atoms with van der Waals surface area (Å²) >= 11 is 4.63. The standard InChI is InChI=1S/C17H15N3O2S/c1-10-14(8-18)16(15(11(2)20-10)17(21)22-3)12-5-4-6-13(7-12)19-9-23/h4-7,16,20H,1-3H3. The molecule has 1 aromatic rings. The topological polar surface area (TPSA) is 74.5 Å². The third-order valence-corrected chi connectivity index (χ3v) is 3.76. The lowest BCUT2D eigenvalue weighted by Crippen LogP contribution is -2.28. The number of nitrogens with one attached hydrogen (secondary N) is 1. The Morgan fingerprint density at radius 2 is 2.13 bits per heavy atom. The Morgan fingerprint density at radius 3 is 2.74 bits per heavy atom. The second kappa shape index (κ2) is 7.01. The number of nitriles is 1. The fourth-order valence-electron chi connectivity index (χ4n) is 2.68. The first-order chi connectivity index (χ1) is 11.0. The van der Waals surface area contributed by atoms with E-state index < -0.39 is 11.9 Å². The number of esters is 1. The van der Waals surface area contributed by atoms with Gasteiger partial charge in [-0.1, -0.05) is 12.1 Å². The van der Waals surface area contributed by atoms with E-state index in [2.05, 4.69) is 33.8 Å². The highest BCUT2D eigenvalue weighted by Crippen LogP contribution is 2.39. The van der Waals surface area contributed by atoms with E-state index in [9.17, 15) is 10.1 Å². The van der Waals surface area contributed by atoms with Crippen LogP contribution < -0.4 is 5.32 Å². The maximum Gasteiger partial charge on any atom is 0.336 e. The molecular weight excluding hydrogens is 310 g/mol. The first kappa shape index (κ1) is 16.6. The van der Waals surface area contributed by atoms with Gasteiger partial charge < -0.3 is 10.1 Å². The van der Waals surface area contributed by atoms with Crippen LogP contribution in [0.4, 0.5) is 5.69 Å². The number of allylic oxidation sites excluding steroid dienone is 3. The molecule has 1 aliphatic rings. The maximum atomic E-state index is 12.2. The molecule has 0 saturated heterocycles. The van der Waals surface area contributed by atoms with E-state index in [0.717, 1.165) is 5.56 Å². The van der Waals surface area contributed by atoms with Gasteiger partial charge in [0.15, 0.2) is 0 Å². The van der Waals surface area contributed by atoms with Crippen LogP contribution in [0.5, 0.6) is 0 Å². The van der Waals surface area contributed by atoms with Crippen molar-refractivity contribution < 1.29 is 9.53 Å². The predicted octanol–water partition coefficient (Wildman–Crippen LogP) is 3.35. The van der Waals surface area contributed by atoms with Crippen molar-refractivity contribution in [2.24, 2.45) is 4.99 Å². The molecule has 0 fully saturated rings. The minimum atomic E-state index is -0.506. The lowest BCUT2D eigenvalue weighted by atomic mass is 9.81. The third-order valence-electron chi connectivity index (χ3n) is 3.66. The average Bonchev–Trinajstić information content (AvgIpc) is 2.54. The van der Waals surface area contributed by atoms with Crippen LogP contribution in [-0.2, 0) is 9.53 Å². The molecule has 116 valence electrons. The van der Waals surface area contributed by atoms with Gasteiger partial charge in [-0.05, 0) is 43.8 Å². The molecule has 6 heteroatoms. The van der Waals surface area contributed by atoms with Crippen LogP contribution in [0.3, 0.4) is 0 Å². The highest BCUT2D eigenvalue weighted by Gasteiger charge is 2.33. The number of dihydropyridines is 1. The Labute approximate surface area is 140 Å². The quantitative estimate of drug-likeness (QED) is 0.524. The molecule has 23 heavy (non-hydrogen) atoms. The van der Waals surface area contributed by atoms with Gasteiger partial charge >= 0.3 is 5.97 Å². The number of thiocarbonyl (C=S) groups is 1. The molecule has 0 aliphatic carbocycles. The van der Waals surface area contributed by atoms with E-state index in [1.165, 1.54) is 7.11 Å². The summed E-state index contributed by atoms with van der Waals surface area (Å²) in [6.07, 6.45) is 0. The summed E-state index contributed by atoms with van der Waals surface area (Å²) in [6.45, 7) is 3.60. The number of ether oxygens (including phenoxy) is 1. The third kappa shape index (κ3) is 3.21. The molecular formula is C17H15N3O2S. The minimum Gasteiger partial charge on any atom is -0.466 e. The highest BCUT2D eigenvalue weighted by atomic mass is 32.1. The van der Waals surface area contributed by atoms with Gasteiger partial charge in [-0.15, -0.1) is 0 Å². The Kier molecular flexibility index (Phi) is 5.07. The van der Waals surface area contributed by atoms with E-state index in [1.807, 2.05) is 13.0 Å². The van der Waals surface area contributed by atoms with Gasteiger partial charge in [0, 0.05) is 11.4 Å². The van der Waals surface area contributed by atoms with Gasteiger partial charge in [0.2, 0.25) is 0 Å². The molecule has 2 rings (SSSR count). The molecule has 0 aromatic heterocycles. The van der Waals surface area contributed by atoms with Crippen molar-refractivity contribution in [3.63, 3.8) is 0 Å². The van der Waals surface area contributed by atoms with Gasteiger partial charge in [-0.25, -0.2) is 4.79 Å². The fourth-order valence-corrected chi connectivity index (χ4v) is 2.79. The summed E-state index contributed by atoms with van der Waals surface area (Å²) in [5.74, 6) is -0.974. The van der Waals surface area contributed by atoms with Crippen LogP contribution in [0.25, 0.3) is 0 Å². The molecule has 0 saturated carbocycles. The summed E-state index contributed by atoms with van der Waals surface area (Å²) in [6, 6.07) is 9.41. The SMILES string of the molecule is COC(=O)C1=C(C)NC(C)=C(C#N)C1c1cccc(N=C=S)c1. The van der Waals surface area contributed by atoms with Crippen LogP contribution in [0.15, 0.2) is 51.8 Å². The van der Waals surface area contributed by atoms with Crippen molar-refractivity contribution in [3.05, 3.63) is 52.4 Å². The lowest BCUT2D eigenvalue weighted by molar-refractivity contribution is -0.136. The molecule has 1 aliphatic heterocycles. The first-order valence-electron chi connectivity index (χ1n) is 6.88. The largest absolute Gasteiger partial charge is 0.466 e. The second-order valence-corrected chi connectivity index (χ2v) is 5.22. The van der Waals surface area contributed by atoms with Gasteiger partial charge in [0.25, 0.3) is 0 Å². The normalized spacial score (nSPS) is 17.0. The molecule has 5 nitrogen and oxygen atoms in total. The van der Waals surface area contributed by atoms with Crippen LogP contribution in [0, 0.1) is 11.3 Å². The fraction of sp³-hybridized carbons (Fsp3) is 0.235. The van der Waals surface area contributed by atoms with E-state index in [4.69, 9.17) is 4.74 Å². The Morgan fingerprint density at radius 1 is 1.39 bits per heavy atom. The number of benzene rings is 1. The minimum absolute atomic E-state index is 0.415. The Balaban J connectivity index is 2.68. The molecule has 0 amide bonds. The number of hydrogen-bond donors (Lipinski definition) is 1. The van der Waals surface area contributed by atoms with Crippen LogP contribution in [0.1, 0.15) is 25.3 Å². The zero-order valence-electron chi connectivity index (χ0n) is 13.0. The summed E-state index contributed by atoms with van der Waals surface area (Å²) in [4.78, 5) is 16.2. The number of aliphatic imine (C=N–C) groups is 1. The maximum absolute atomic E-state index is 12.2. The van der Waals surface area contributed by atoms with Crippen molar-refractivity contribution in [1.29, 1.82) is 5.26 Å². The first-order valence-corrected chi connectivity index (χ1v) is 7.29.